The van der Waals surface area contributed by atoms with E-state index in [1.165, 1.54) is 0 Å². The highest BCUT2D eigenvalue weighted by Crippen LogP contribution is 2.62. The lowest BCUT2D eigenvalue weighted by atomic mass is 10.0. The number of phosphoric acid groups is 3. The number of nitrogens with zero attached hydrogens (tertiary/aromatic N) is 4. The van der Waals surface area contributed by atoms with Crippen molar-refractivity contribution in [3.8, 4) is 0 Å². The second kappa shape index (κ2) is 17.6. The number of thioether (sulfide) groups is 1. The molecule has 0 radical (unpaired) electrons. The number of carbonyl (C=O) groups excluding carboxylic acids is 3. The molecule has 3 heterocycles. The number of nitrogens with two attached hydrogens (primary N) is 1. The highest BCUT2D eigenvalue weighted by Gasteiger charge is 2.51. The molecule has 0 spiro atoms. The molecule has 1 aliphatic heterocycles. The summed E-state index contributed by atoms with van der Waals surface area (Å²) in [7, 11) is -16.6. The second-order valence-corrected chi connectivity index (χ2v) is 16.6. The van der Waals surface area contributed by atoms with Gasteiger partial charge >= 0.3 is 23.5 Å². The fraction of sp³-hybridized carbons (Fsp3) is 0.583. The van der Waals surface area contributed by atoms with E-state index in [-0.39, 0.29) is 47.4 Å². The van der Waals surface area contributed by atoms with Gasteiger partial charge in [-0.2, -0.15) is 4.31 Å². The summed E-state index contributed by atoms with van der Waals surface area (Å²) in [5.41, 5.74) is 3.94. The number of carbonyl (C=O) groups is 3. The summed E-state index contributed by atoms with van der Waals surface area (Å²) in [6.45, 7) is 5.69. The number of phosphoric ester groups is 3. The number of fused-ring (bicyclic) bond motifs is 1. The standard InChI is InChI=1S/C24H38N7O17P3S/c1-12(2)23(36)52-8-7-26-14(32)5-6-27-21(35)18(34)24(3,4)47-51(42,43)48-50(40,41)44-9-13-17(46-49(37,38)39)16(33)22(45-13)31-11-30-15-19(25)28-10-29-20(15)31/h10-11,13,16-18,22,33-34H,1,5-9H2,2-4H3,(H,26,32)(H,27,35)(H,40,41)(H,42,43)(H2,25,28,29)(H2,37,38,39)/t13?,16?,17?,18-,22?/m0/s1. The molecule has 0 aromatic carbocycles. The first-order valence-corrected chi connectivity index (χ1v) is 20.2. The smallest absolute Gasteiger partial charge is 0.386 e. The number of ether oxygens (including phenoxy) is 1. The van der Waals surface area contributed by atoms with Crippen LogP contribution in [0.4, 0.5) is 5.82 Å². The molecule has 24 nitrogen and oxygen atoms in total. The predicted molar refractivity (Wildman–Crippen MR) is 177 cm³/mol. The topological polar surface area (TPSA) is 364 Å². The summed E-state index contributed by atoms with van der Waals surface area (Å²) in [6.07, 6.45) is -7.39. The summed E-state index contributed by atoms with van der Waals surface area (Å²) in [5.74, 6) is -1.43. The molecule has 1 aliphatic rings. The summed E-state index contributed by atoms with van der Waals surface area (Å²) in [4.78, 5) is 86.8. The van der Waals surface area contributed by atoms with E-state index >= 15 is 0 Å². The van der Waals surface area contributed by atoms with Crippen molar-refractivity contribution < 1.29 is 80.5 Å². The maximum Gasteiger partial charge on any atom is 0.481 e. The van der Waals surface area contributed by atoms with Crippen molar-refractivity contribution in [2.45, 2.75) is 63.4 Å². The molecule has 0 aliphatic carbocycles. The van der Waals surface area contributed by atoms with Crippen LogP contribution in [-0.2, 0) is 50.7 Å². The van der Waals surface area contributed by atoms with Crippen LogP contribution in [0.25, 0.3) is 11.2 Å². The van der Waals surface area contributed by atoms with Crippen LogP contribution in [0, 0.1) is 0 Å². The molecule has 52 heavy (non-hydrogen) atoms. The Bertz CT molecular complexity index is 1790. The van der Waals surface area contributed by atoms with Crippen LogP contribution in [0.2, 0.25) is 0 Å². The Balaban J connectivity index is 1.56. The first-order chi connectivity index (χ1) is 23.9. The maximum atomic E-state index is 12.7. The highest BCUT2D eigenvalue weighted by atomic mass is 32.2. The average molecular weight is 822 g/mol. The van der Waals surface area contributed by atoms with Crippen molar-refractivity contribution in [1.29, 1.82) is 0 Å². The number of hydrogen-bond acceptors (Lipinski definition) is 18. The van der Waals surface area contributed by atoms with Gasteiger partial charge in [0.25, 0.3) is 5.91 Å². The Kier molecular flexibility index (Phi) is 14.8. The zero-order valence-electron chi connectivity index (χ0n) is 27.6. The van der Waals surface area contributed by atoms with Crippen LogP contribution in [0.3, 0.4) is 0 Å². The minimum absolute atomic E-state index is 0.0195. The Morgan fingerprint density at radius 1 is 1.12 bits per heavy atom. The normalized spacial score (nSPS) is 22.3. The van der Waals surface area contributed by atoms with Crippen LogP contribution >= 0.6 is 35.2 Å². The van der Waals surface area contributed by atoms with Gasteiger partial charge in [-0.1, -0.05) is 18.3 Å². The van der Waals surface area contributed by atoms with Crippen molar-refractivity contribution in [1.82, 2.24) is 30.2 Å². The van der Waals surface area contributed by atoms with Gasteiger partial charge in [-0.05, 0) is 26.3 Å². The second-order valence-electron chi connectivity index (χ2n) is 11.4. The Hall–Kier alpha value is -2.70. The number of nitrogens with one attached hydrogen (secondary N) is 2. The molecule has 28 heteroatoms. The number of aromatic nitrogens is 4. The summed E-state index contributed by atoms with van der Waals surface area (Å²) >= 11 is 0.960. The average Bonchev–Trinajstić information content (AvgIpc) is 3.57. The molecule has 10 N–H and O–H groups in total. The van der Waals surface area contributed by atoms with Gasteiger partial charge in [0.05, 0.1) is 12.9 Å². The molecular formula is C24H38N7O17P3S. The molecule has 7 atom stereocenters. The molecular weight excluding hydrogens is 783 g/mol. The van der Waals surface area contributed by atoms with Gasteiger partial charge in [0.15, 0.2) is 23.8 Å². The lowest BCUT2D eigenvalue weighted by Crippen LogP contribution is -2.49. The van der Waals surface area contributed by atoms with E-state index in [9.17, 15) is 57.9 Å². The SMILES string of the molecule is C=C(C)C(=O)SCCNC(=O)CCNC(=O)[C@H](O)C(C)(C)OP(=O)(O)OP(=O)(O)OCC1OC(n2cnc3c(N)ncnc32)C(O)C1OP(=O)(O)O. The zero-order valence-corrected chi connectivity index (χ0v) is 31.1. The van der Waals surface area contributed by atoms with E-state index in [0.29, 0.717) is 5.57 Å². The summed E-state index contributed by atoms with van der Waals surface area (Å²) in [6, 6.07) is 0. The zero-order chi connectivity index (χ0) is 39.2. The summed E-state index contributed by atoms with van der Waals surface area (Å²) in [5, 5.41) is 25.8. The van der Waals surface area contributed by atoms with E-state index in [1.54, 1.807) is 6.92 Å². The molecule has 292 valence electrons. The lowest BCUT2D eigenvalue weighted by molar-refractivity contribution is -0.140. The molecule has 0 bridgehead atoms. The minimum atomic E-state index is -5.66. The largest absolute Gasteiger partial charge is 0.481 e. The van der Waals surface area contributed by atoms with Crippen molar-refractivity contribution in [2.75, 3.05) is 31.2 Å². The predicted octanol–water partition coefficient (Wildman–Crippen LogP) is -1.01. The van der Waals surface area contributed by atoms with Gasteiger partial charge in [0, 0.05) is 25.3 Å². The minimum Gasteiger partial charge on any atom is -0.386 e. The first-order valence-electron chi connectivity index (χ1n) is 14.7. The molecule has 3 rings (SSSR count). The number of amides is 2. The third-order valence-electron chi connectivity index (χ3n) is 6.75. The number of aliphatic hydroxyl groups is 2. The van der Waals surface area contributed by atoms with Crippen molar-refractivity contribution in [3.63, 3.8) is 0 Å². The number of anilines is 1. The van der Waals surface area contributed by atoms with E-state index in [1.807, 2.05) is 0 Å². The van der Waals surface area contributed by atoms with Gasteiger partial charge in [0.1, 0.15) is 35.8 Å². The van der Waals surface area contributed by atoms with Crippen LogP contribution < -0.4 is 16.4 Å². The van der Waals surface area contributed by atoms with Crippen molar-refractivity contribution in [2.24, 2.45) is 0 Å². The number of rotatable bonds is 19. The lowest BCUT2D eigenvalue weighted by Gasteiger charge is -2.31. The fourth-order valence-electron chi connectivity index (χ4n) is 4.37. The molecule has 1 saturated heterocycles. The Labute approximate surface area is 298 Å². The molecule has 6 unspecified atom stereocenters. The van der Waals surface area contributed by atoms with Crippen LogP contribution in [-0.4, -0.2) is 122 Å². The van der Waals surface area contributed by atoms with E-state index in [0.717, 1.165) is 42.8 Å². The van der Waals surface area contributed by atoms with Crippen LogP contribution in [0.1, 0.15) is 33.4 Å². The number of aliphatic hydroxyl groups excluding tert-OH is 2. The molecule has 2 amide bonds. The molecule has 2 aromatic rings. The van der Waals surface area contributed by atoms with Gasteiger partial charge < -0.3 is 50.9 Å². The number of nitrogen functional groups attached to an aromatic ring is 1. The highest BCUT2D eigenvalue weighted by molar-refractivity contribution is 8.14. The van der Waals surface area contributed by atoms with Gasteiger partial charge in [-0.25, -0.2) is 28.6 Å². The summed E-state index contributed by atoms with van der Waals surface area (Å²) < 4.78 is 62.1. The third-order valence-corrected chi connectivity index (χ3v) is 11.1. The van der Waals surface area contributed by atoms with Gasteiger partial charge in [-0.15, -0.1) is 0 Å². The van der Waals surface area contributed by atoms with Crippen molar-refractivity contribution in [3.05, 3.63) is 24.8 Å². The molecule has 0 saturated carbocycles. The fourth-order valence-corrected chi connectivity index (χ4v) is 7.98. The van der Waals surface area contributed by atoms with E-state index in [4.69, 9.17) is 19.5 Å². The third kappa shape index (κ3) is 12.4. The Morgan fingerprint density at radius 2 is 1.79 bits per heavy atom. The van der Waals surface area contributed by atoms with E-state index in [2.05, 4.69) is 41.0 Å². The first kappa shape index (κ1) is 43.7. The monoisotopic (exact) mass is 821 g/mol. The van der Waals surface area contributed by atoms with Crippen LogP contribution in [0.5, 0.6) is 0 Å². The molecule has 1 fully saturated rings. The van der Waals surface area contributed by atoms with E-state index < -0.39 is 78.1 Å². The molecule has 2 aromatic heterocycles. The number of hydrogen-bond donors (Lipinski definition) is 9. The van der Waals surface area contributed by atoms with Gasteiger partial charge in [-0.3, -0.25) is 32.5 Å². The van der Waals surface area contributed by atoms with Crippen molar-refractivity contribution >= 4 is 69.1 Å². The van der Waals surface area contributed by atoms with Crippen LogP contribution in [0.15, 0.2) is 24.8 Å². The number of imidazole rings is 1. The van der Waals surface area contributed by atoms with Gasteiger partial charge in [0.2, 0.25) is 11.0 Å². The Morgan fingerprint density at radius 3 is 2.42 bits per heavy atom. The maximum absolute atomic E-state index is 12.7. The quantitative estimate of drug-likeness (QED) is 0.0466.